The maximum Gasteiger partial charge on any atom is 0.0409 e. The van der Waals surface area contributed by atoms with E-state index in [4.69, 9.17) is 11.6 Å². The summed E-state index contributed by atoms with van der Waals surface area (Å²) in [6, 6.07) is 14.6. The minimum atomic E-state index is 0.808. The first-order valence-electron chi connectivity index (χ1n) is 5.82. The standard InChI is InChI=1S/C16H13Cl/c1-11-15-5-3-2-4-12(15)6-7-13-10-14(17)8-9-16(11)13/h2-5,8-10H,1,6-7H2. The van der Waals surface area contributed by atoms with Crippen LogP contribution in [0.15, 0.2) is 49.0 Å². The molecule has 2 aromatic carbocycles. The molecule has 3 rings (SSSR count). The number of hydrogen-bond donors (Lipinski definition) is 0. The molecular formula is C16H13Cl. The Morgan fingerprint density at radius 1 is 0.882 bits per heavy atom. The molecule has 0 radical (unpaired) electrons. The number of aryl methyl sites for hydroxylation is 2. The van der Waals surface area contributed by atoms with Crippen molar-refractivity contribution in [3.8, 4) is 0 Å². The van der Waals surface area contributed by atoms with Gasteiger partial charge in [-0.3, -0.25) is 0 Å². The molecule has 1 heteroatoms. The first kappa shape index (κ1) is 10.6. The smallest absolute Gasteiger partial charge is 0.0409 e. The van der Waals surface area contributed by atoms with Gasteiger partial charge >= 0.3 is 0 Å². The summed E-state index contributed by atoms with van der Waals surface area (Å²) in [4.78, 5) is 0. The van der Waals surface area contributed by atoms with Gasteiger partial charge in [0.25, 0.3) is 0 Å². The molecule has 0 fully saturated rings. The molecule has 0 nitrogen and oxygen atoms in total. The first-order valence-corrected chi connectivity index (χ1v) is 6.19. The van der Waals surface area contributed by atoms with Gasteiger partial charge in [0.15, 0.2) is 0 Å². The Kier molecular flexibility index (Phi) is 2.53. The average molecular weight is 241 g/mol. The van der Waals surface area contributed by atoms with E-state index in [1.54, 1.807) is 0 Å². The van der Waals surface area contributed by atoms with Gasteiger partial charge in [-0.05, 0) is 52.8 Å². The van der Waals surface area contributed by atoms with E-state index < -0.39 is 0 Å². The van der Waals surface area contributed by atoms with E-state index in [1.807, 2.05) is 6.07 Å². The molecule has 1 aliphatic carbocycles. The third kappa shape index (κ3) is 1.79. The average Bonchev–Trinajstić information content (AvgIpc) is 2.48. The maximum atomic E-state index is 6.06. The third-order valence-corrected chi connectivity index (χ3v) is 3.63. The lowest BCUT2D eigenvalue weighted by atomic mass is 9.96. The summed E-state index contributed by atoms with van der Waals surface area (Å²) in [6.07, 6.45) is 2.09. The van der Waals surface area contributed by atoms with Gasteiger partial charge in [0.05, 0.1) is 0 Å². The summed E-state index contributed by atoms with van der Waals surface area (Å²) < 4.78 is 0. The molecule has 2 aromatic rings. The second-order valence-electron chi connectivity index (χ2n) is 4.44. The van der Waals surface area contributed by atoms with Crippen LogP contribution in [-0.2, 0) is 12.8 Å². The fourth-order valence-corrected chi connectivity index (χ4v) is 2.71. The van der Waals surface area contributed by atoms with Crippen molar-refractivity contribution in [1.82, 2.24) is 0 Å². The molecule has 0 amide bonds. The SMILES string of the molecule is C=C1c2ccccc2CCc2cc(Cl)ccc21. The molecular weight excluding hydrogens is 228 g/mol. The van der Waals surface area contributed by atoms with Crippen LogP contribution >= 0.6 is 11.6 Å². The molecule has 0 heterocycles. The van der Waals surface area contributed by atoms with E-state index in [0.29, 0.717) is 0 Å². The van der Waals surface area contributed by atoms with E-state index in [0.717, 1.165) is 23.4 Å². The van der Waals surface area contributed by atoms with E-state index in [1.165, 1.54) is 22.3 Å². The Labute approximate surface area is 107 Å². The van der Waals surface area contributed by atoms with Crippen molar-refractivity contribution in [1.29, 1.82) is 0 Å². The molecule has 0 spiro atoms. The normalized spacial score (nSPS) is 13.8. The summed E-state index contributed by atoms with van der Waals surface area (Å²) >= 11 is 6.06. The Balaban J connectivity index is 2.20. The van der Waals surface area contributed by atoms with Gasteiger partial charge < -0.3 is 0 Å². The Morgan fingerprint density at radius 3 is 2.47 bits per heavy atom. The fourth-order valence-electron chi connectivity index (χ4n) is 2.51. The number of fused-ring (bicyclic) bond motifs is 2. The minimum absolute atomic E-state index is 0.808. The summed E-state index contributed by atoms with van der Waals surface area (Å²) in [5.41, 5.74) is 6.31. The predicted molar refractivity (Wildman–Crippen MR) is 73.4 cm³/mol. The molecule has 0 unspecified atom stereocenters. The molecule has 0 saturated heterocycles. The van der Waals surface area contributed by atoms with Crippen molar-refractivity contribution in [3.63, 3.8) is 0 Å². The second kappa shape index (κ2) is 4.05. The van der Waals surface area contributed by atoms with Crippen molar-refractivity contribution in [2.45, 2.75) is 12.8 Å². The molecule has 0 N–H and O–H groups in total. The molecule has 0 saturated carbocycles. The van der Waals surface area contributed by atoms with Crippen molar-refractivity contribution in [2.24, 2.45) is 0 Å². The van der Waals surface area contributed by atoms with Crippen LogP contribution in [0.4, 0.5) is 0 Å². The monoisotopic (exact) mass is 240 g/mol. The van der Waals surface area contributed by atoms with Gasteiger partial charge in [-0.2, -0.15) is 0 Å². The van der Waals surface area contributed by atoms with Crippen LogP contribution in [-0.4, -0.2) is 0 Å². The highest BCUT2D eigenvalue weighted by Gasteiger charge is 2.16. The van der Waals surface area contributed by atoms with E-state index in [-0.39, 0.29) is 0 Å². The van der Waals surface area contributed by atoms with Gasteiger partial charge in [0, 0.05) is 5.02 Å². The van der Waals surface area contributed by atoms with Crippen molar-refractivity contribution in [2.75, 3.05) is 0 Å². The molecule has 17 heavy (non-hydrogen) atoms. The lowest BCUT2D eigenvalue weighted by Gasteiger charge is -2.09. The Hall–Kier alpha value is -1.53. The van der Waals surface area contributed by atoms with Crippen molar-refractivity contribution in [3.05, 3.63) is 76.3 Å². The number of halogens is 1. The van der Waals surface area contributed by atoms with Gasteiger partial charge in [-0.25, -0.2) is 0 Å². The quantitative estimate of drug-likeness (QED) is 0.636. The van der Waals surface area contributed by atoms with Crippen LogP contribution in [0.25, 0.3) is 5.57 Å². The second-order valence-corrected chi connectivity index (χ2v) is 4.87. The zero-order valence-electron chi connectivity index (χ0n) is 9.54. The van der Waals surface area contributed by atoms with E-state index in [2.05, 4.69) is 43.0 Å². The van der Waals surface area contributed by atoms with Gasteiger partial charge in [-0.15, -0.1) is 0 Å². The molecule has 0 bridgehead atoms. The fraction of sp³-hybridized carbons (Fsp3) is 0.125. The Morgan fingerprint density at radius 2 is 1.59 bits per heavy atom. The Bertz CT molecular complexity index is 596. The van der Waals surface area contributed by atoms with Gasteiger partial charge in [0.1, 0.15) is 0 Å². The highest BCUT2D eigenvalue weighted by atomic mass is 35.5. The summed E-state index contributed by atoms with van der Waals surface area (Å²) in [6.45, 7) is 4.24. The van der Waals surface area contributed by atoms with Gasteiger partial charge in [0.2, 0.25) is 0 Å². The molecule has 84 valence electrons. The number of benzene rings is 2. The van der Waals surface area contributed by atoms with Crippen LogP contribution in [0.1, 0.15) is 22.3 Å². The maximum absolute atomic E-state index is 6.06. The number of rotatable bonds is 0. The summed E-state index contributed by atoms with van der Waals surface area (Å²) in [5, 5.41) is 0.808. The predicted octanol–water partition coefficient (Wildman–Crippen LogP) is 4.50. The van der Waals surface area contributed by atoms with Crippen LogP contribution in [0, 0.1) is 0 Å². The number of hydrogen-bond acceptors (Lipinski definition) is 0. The molecule has 0 atom stereocenters. The van der Waals surface area contributed by atoms with Crippen LogP contribution in [0.3, 0.4) is 0 Å². The van der Waals surface area contributed by atoms with E-state index >= 15 is 0 Å². The highest BCUT2D eigenvalue weighted by Crippen LogP contribution is 2.33. The van der Waals surface area contributed by atoms with Crippen LogP contribution in [0.5, 0.6) is 0 Å². The largest absolute Gasteiger partial charge is 0.0905 e. The molecule has 0 aliphatic heterocycles. The highest BCUT2D eigenvalue weighted by molar-refractivity contribution is 6.30. The zero-order valence-corrected chi connectivity index (χ0v) is 10.3. The van der Waals surface area contributed by atoms with Crippen molar-refractivity contribution < 1.29 is 0 Å². The lowest BCUT2D eigenvalue weighted by molar-refractivity contribution is 0.965. The van der Waals surface area contributed by atoms with E-state index in [9.17, 15) is 0 Å². The van der Waals surface area contributed by atoms with Gasteiger partial charge in [-0.1, -0.05) is 48.5 Å². The van der Waals surface area contributed by atoms with Crippen molar-refractivity contribution >= 4 is 17.2 Å². The third-order valence-electron chi connectivity index (χ3n) is 3.40. The van der Waals surface area contributed by atoms with Crippen LogP contribution in [0.2, 0.25) is 5.02 Å². The minimum Gasteiger partial charge on any atom is -0.0905 e. The topological polar surface area (TPSA) is 0 Å². The molecule has 0 aromatic heterocycles. The molecule has 1 aliphatic rings. The first-order chi connectivity index (χ1) is 8.25. The zero-order chi connectivity index (χ0) is 11.8. The summed E-state index contributed by atoms with van der Waals surface area (Å²) in [5.74, 6) is 0. The summed E-state index contributed by atoms with van der Waals surface area (Å²) in [7, 11) is 0. The lowest BCUT2D eigenvalue weighted by Crippen LogP contribution is -1.90. The van der Waals surface area contributed by atoms with Crippen LogP contribution < -0.4 is 0 Å².